The molecule has 0 aromatic heterocycles. The highest BCUT2D eigenvalue weighted by Gasteiger charge is 2.32. The molecule has 9 heteroatoms. The summed E-state index contributed by atoms with van der Waals surface area (Å²) in [6.07, 6.45) is -4.88. The fraction of sp³-hybridized carbons (Fsp3) is 0.333. The number of ether oxygens (including phenoxy) is 1. The molecule has 0 radical (unpaired) electrons. The molecule has 1 rings (SSSR count). The molecular weight excluding hydrogens is 293 g/mol. The predicted octanol–water partition coefficient (Wildman–Crippen LogP) is 2.43. The molecule has 0 aliphatic heterocycles. The lowest BCUT2D eigenvalue weighted by Gasteiger charge is -2.14. The number of hydrogen-bond donors (Lipinski definition) is 3. The summed E-state index contributed by atoms with van der Waals surface area (Å²) in [6, 6.07) is 4.17. The van der Waals surface area contributed by atoms with Gasteiger partial charge in [0.1, 0.15) is 0 Å². The third-order valence-corrected chi connectivity index (χ3v) is 2.35. The molecule has 1 atom stereocenters. The fourth-order valence-electron chi connectivity index (χ4n) is 1.28. The van der Waals surface area contributed by atoms with Crippen molar-refractivity contribution in [3.8, 4) is 5.75 Å². The van der Waals surface area contributed by atoms with Gasteiger partial charge in [0, 0.05) is 6.54 Å². The van der Waals surface area contributed by atoms with E-state index >= 15 is 0 Å². The number of nitrogens with one attached hydrogen (secondary N) is 2. The van der Waals surface area contributed by atoms with Gasteiger partial charge in [0.25, 0.3) is 0 Å². The summed E-state index contributed by atoms with van der Waals surface area (Å²) in [6.45, 7) is 1.22. The number of rotatable bonds is 5. The van der Waals surface area contributed by atoms with E-state index in [0.717, 1.165) is 6.07 Å². The van der Waals surface area contributed by atoms with Gasteiger partial charge < -0.3 is 20.5 Å². The number of carboxylic acids is 1. The summed E-state index contributed by atoms with van der Waals surface area (Å²) < 4.78 is 40.3. The zero-order valence-electron chi connectivity index (χ0n) is 10.9. The van der Waals surface area contributed by atoms with Crippen LogP contribution in [0.2, 0.25) is 0 Å². The number of benzene rings is 1. The van der Waals surface area contributed by atoms with Gasteiger partial charge >= 0.3 is 18.4 Å². The molecule has 0 aliphatic carbocycles. The maximum absolute atomic E-state index is 12.2. The number of carbonyl (C=O) groups excluding carboxylic acids is 1. The molecule has 3 N–H and O–H groups in total. The van der Waals surface area contributed by atoms with Gasteiger partial charge in [0.15, 0.2) is 5.75 Å². The molecule has 21 heavy (non-hydrogen) atoms. The third-order valence-electron chi connectivity index (χ3n) is 2.35. The maximum Gasteiger partial charge on any atom is 0.573 e. The predicted molar refractivity (Wildman–Crippen MR) is 66.9 cm³/mol. The first-order valence-electron chi connectivity index (χ1n) is 5.81. The molecule has 0 aliphatic rings. The van der Waals surface area contributed by atoms with Crippen LogP contribution in [0.5, 0.6) is 5.75 Å². The number of para-hydroxylation sites is 2. The second-order valence-corrected chi connectivity index (χ2v) is 4.12. The van der Waals surface area contributed by atoms with Gasteiger partial charge in [-0.1, -0.05) is 19.1 Å². The van der Waals surface area contributed by atoms with Gasteiger partial charge in [-0.3, -0.25) is 4.79 Å². The molecule has 1 aromatic rings. The zero-order valence-corrected chi connectivity index (χ0v) is 10.9. The smallest absolute Gasteiger partial charge is 0.481 e. The van der Waals surface area contributed by atoms with Crippen LogP contribution in [0.4, 0.5) is 23.7 Å². The van der Waals surface area contributed by atoms with E-state index in [-0.39, 0.29) is 12.2 Å². The van der Waals surface area contributed by atoms with Crippen LogP contribution in [0.1, 0.15) is 6.92 Å². The second kappa shape index (κ2) is 6.82. The van der Waals surface area contributed by atoms with Crippen LogP contribution in [0, 0.1) is 5.92 Å². The number of carbonyl (C=O) groups is 2. The average molecular weight is 306 g/mol. The highest BCUT2D eigenvalue weighted by molar-refractivity contribution is 5.91. The van der Waals surface area contributed by atoms with Crippen molar-refractivity contribution in [2.75, 3.05) is 11.9 Å². The maximum atomic E-state index is 12.2. The van der Waals surface area contributed by atoms with Crippen molar-refractivity contribution >= 4 is 17.7 Å². The Hall–Kier alpha value is -2.45. The Kier molecular flexibility index (Phi) is 5.39. The van der Waals surface area contributed by atoms with E-state index in [9.17, 15) is 22.8 Å². The largest absolute Gasteiger partial charge is 0.573 e. The Balaban J connectivity index is 2.66. The Labute approximate surface area is 117 Å². The van der Waals surface area contributed by atoms with Crippen molar-refractivity contribution in [2.45, 2.75) is 13.3 Å². The van der Waals surface area contributed by atoms with E-state index in [1.807, 2.05) is 0 Å². The van der Waals surface area contributed by atoms with Gasteiger partial charge in [-0.05, 0) is 12.1 Å². The van der Waals surface area contributed by atoms with Crippen molar-refractivity contribution in [2.24, 2.45) is 5.92 Å². The lowest BCUT2D eigenvalue weighted by Crippen LogP contribution is -2.34. The molecule has 0 bridgehead atoms. The number of aliphatic carboxylic acids is 1. The molecule has 6 nitrogen and oxygen atoms in total. The van der Waals surface area contributed by atoms with Crippen LogP contribution in [0.25, 0.3) is 0 Å². The number of halogens is 3. The third kappa shape index (κ3) is 6.02. The van der Waals surface area contributed by atoms with Gasteiger partial charge in [0.2, 0.25) is 0 Å². The summed E-state index contributed by atoms with van der Waals surface area (Å²) in [4.78, 5) is 22.1. The van der Waals surface area contributed by atoms with Crippen LogP contribution in [0.15, 0.2) is 24.3 Å². The van der Waals surface area contributed by atoms with Gasteiger partial charge in [-0.15, -0.1) is 13.2 Å². The zero-order chi connectivity index (χ0) is 16.0. The summed E-state index contributed by atoms with van der Waals surface area (Å²) in [7, 11) is 0. The fourth-order valence-corrected chi connectivity index (χ4v) is 1.28. The SMILES string of the molecule is CC(CNC(=O)Nc1ccccc1OC(F)(F)F)C(=O)O. The number of anilines is 1. The molecule has 1 aromatic carbocycles. The first kappa shape index (κ1) is 16.6. The minimum absolute atomic E-state index is 0.163. The van der Waals surface area contributed by atoms with Crippen LogP contribution in [-0.4, -0.2) is 30.0 Å². The van der Waals surface area contributed by atoms with Crippen molar-refractivity contribution < 1.29 is 32.6 Å². The van der Waals surface area contributed by atoms with Crippen molar-refractivity contribution in [1.82, 2.24) is 5.32 Å². The van der Waals surface area contributed by atoms with E-state index in [2.05, 4.69) is 15.4 Å². The number of hydrogen-bond acceptors (Lipinski definition) is 3. The Morgan fingerprint density at radius 1 is 1.33 bits per heavy atom. The molecular formula is C12H13F3N2O4. The Bertz CT molecular complexity index is 519. The minimum atomic E-state index is -4.88. The highest BCUT2D eigenvalue weighted by atomic mass is 19.4. The summed E-state index contributed by atoms with van der Waals surface area (Å²) in [5, 5.41) is 13.0. The standard InChI is InChI=1S/C12H13F3N2O4/c1-7(10(18)19)6-16-11(20)17-8-4-2-3-5-9(8)21-12(13,14)15/h2-5,7H,6H2,1H3,(H,18,19)(H2,16,17,20). The first-order valence-corrected chi connectivity index (χ1v) is 5.81. The molecule has 0 spiro atoms. The highest BCUT2D eigenvalue weighted by Crippen LogP contribution is 2.29. The van der Waals surface area contributed by atoms with E-state index < -0.39 is 30.0 Å². The van der Waals surface area contributed by atoms with Crippen LogP contribution in [0.3, 0.4) is 0 Å². The topological polar surface area (TPSA) is 87.7 Å². The molecule has 0 fully saturated rings. The quantitative estimate of drug-likeness (QED) is 0.779. The Morgan fingerprint density at radius 2 is 1.95 bits per heavy atom. The summed E-state index contributed by atoms with van der Waals surface area (Å²) in [5.41, 5.74) is -0.185. The van der Waals surface area contributed by atoms with Crippen molar-refractivity contribution in [3.63, 3.8) is 0 Å². The van der Waals surface area contributed by atoms with Crippen LogP contribution < -0.4 is 15.4 Å². The second-order valence-electron chi connectivity index (χ2n) is 4.12. The van der Waals surface area contributed by atoms with Gasteiger partial charge in [0.05, 0.1) is 11.6 Å². The molecule has 0 saturated carbocycles. The van der Waals surface area contributed by atoms with Crippen molar-refractivity contribution in [3.05, 3.63) is 24.3 Å². The van der Waals surface area contributed by atoms with Gasteiger partial charge in [-0.25, -0.2) is 4.79 Å². The molecule has 1 unspecified atom stereocenters. The monoisotopic (exact) mass is 306 g/mol. The summed E-state index contributed by atoms with van der Waals surface area (Å²) in [5.74, 6) is -2.49. The molecule has 0 saturated heterocycles. The van der Waals surface area contributed by atoms with E-state index in [1.165, 1.54) is 25.1 Å². The van der Waals surface area contributed by atoms with Crippen LogP contribution >= 0.6 is 0 Å². The minimum Gasteiger partial charge on any atom is -0.481 e. The number of alkyl halides is 3. The van der Waals surface area contributed by atoms with E-state index in [4.69, 9.17) is 5.11 Å². The lowest BCUT2D eigenvalue weighted by molar-refractivity contribution is -0.274. The molecule has 116 valence electrons. The molecule has 0 heterocycles. The average Bonchev–Trinajstić information content (AvgIpc) is 2.36. The Morgan fingerprint density at radius 3 is 2.52 bits per heavy atom. The summed E-state index contributed by atoms with van der Waals surface area (Å²) >= 11 is 0. The lowest BCUT2D eigenvalue weighted by atomic mass is 10.2. The van der Waals surface area contributed by atoms with Gasteiger partial charge in [-0.2, -0.15) is 0 Å². The van der Waals surface area contributed by atoms with Crippen molar-refractivity contribution in [1.29, 1.82) is 0 Å². The number of urea groups is 1. The molecule has 2 amide bonds. The number of amides is 2. The number of carboxylic acid groups (broad SMARTS) is 1. The first-order chi connectivity index (χ1) is 9.69. The normalized spacial score (nSPS) is 12.4. The van der Waals surface area contributed by atoms with E-state index in [0.29, 0.717) is 0 Å². The van der Waals surface area contributed by atoms with E-state index in [1.54, 1.807) is 0 Å². The van der Waals surface area contributed by atoms with Crippen LogP contribution in [-0.2, 0) is 4.79 Å².